The van der Waals surface area contributed by atoms with Crippen LogP contribution in [0.25, 0.3) is 0 Å². The summed E-state index contributed by atoms with van der Waals surface area (Å²) in [6.07, 6.45) is 2.16. The molecule has 0 aliphatic rings. The van der Waals surface area contributed by atoms with Crippen molar-refractivity contribution in [3.8, 4) is 0 Å². The third-order valence-electron chi connectivity index (χ3n) is 2.31. The summed E-state index contributed by atoms with van der Waals surface area (Å²) in [6.45, 7) is 6.29. The molecular weight excluding hydrogens is 178 g/mol. The van der Waals surface area contributed by atoms with Crippen LogP contribution in [-0.4, -0.2) is 18.0 Å². The largest absolute Gasteiger partial charge is 0.370 e. The number of nitrogens with two attached hydrogens (primary N) is 3. The van der Waals surface area contributed by atoms with Crippen molar-refractivity contribution in [2.24, 2.45) is 33.1 Å². The number of aliphatic imine (C=N–C) groups is 2. The van der Waals surface area contributed by atoms with E-state index in [0.29, 0.717) is 5.92 Å². The first-order chi connectivity index (χ1) is 6.51. The van der Waals surface area contributed by atoms with Gasteiger partial charge in [-0.05, 0) is 12.8 Å². The third kappa shape index (κ3) is 4.69. The zero-order valence-corrected chi connectivity index (χ0v) is 9.20. The monoisotopic (exact) mass is 199 g/mol. The summed E-state index contributed by atoms with van der Waals surface area (Å²) in [7, 11) is 0. The zero-order chi connectivity index (χ0) is 11.1. The Labute approximate surface area is 85.5 Å². The van der Waals surface area contributed by atoms with Gasteiger partial charge >= 0.3 is 0 Å². The molecule has 0 rings (SSSR count). The van der Waals surface area contributed by atoms with Crippen molar-refractivity contribution >= 4 is 11.9 Å². The van der Waals surface area contributed by atoms with Gasteiger partial charge in [-0.1, -0.05) is 26.7 Å². The summed E-state index contributed by atoms with van der Waals surface area (Å²) in [4.78, 5) is 7.87. The molecule has 0 bridgehead atoms. The average Bonchev–Trinajstić information content (AvgIpc) is 2.04. The Bertz CT molecular complexity index is 213. The second kappa shape index (κ2) is 6.23. The molecule has 0 saturated heterocycles. The van der Waals surface area contributed by atoms with E-state index in [0.717, 1.165) is 12.8 Å². The van der Waals surface area contributed by atoms with Crippen molar-refractivity contribution in [1.82, 2.24) is 0 Å². The molecule has 0 spiro atoms. The molecule has 82 valence electrons. The number of guanidine groups is 2. The molecule has 0 amide bonds. The Morgan fingerprint density at radius 1 is 1.14 bits per heavy atom. The lowest BCUT2D eigenvalue weighted by atomic mass is 9.96. The lowest BCUT2D eigenvalue weighted by molar-refractivity contribution is 0.419. The van der Waals surface area contributed by atoms with E-state index in [1.165, 1.54) is 0 Å². The summed E-state index contributed by atoms with van der Waals surface area (Å²) in [5, 5.41) is 0. The van der Waals surface area contributed by atoms with Gasteiger partial charge in [-0.25, -0.2) is 4.99 Å². The molecule has 0 aromatic rings. The molecule has 5 heteroatoms. The van der Waals surface area contributed by atoms with Gasteiger partial charge in [0.15, 0.2) is 5.96 Å². The van der Waals surface area contributed by atoms with Gasteiger partial charge < -0.3 is 17.2 Å². The van der Waals surface area contributed by atoms with Crippen LogP contribution in [0, 0.1) is 5.92 Å². The average molecular weight is 199 g/mol. The van der Waals surface area contributed by atoms with Gasteiger partial charge in [-0.3, -0.25) is 0 Å². The molecule has 0 saturated carbocycles. The number of hydrogen-bond donors (Lipinski definition) is 3. The minimum absolute atomic E-state index is 0.0528. The summed E-state index contributed by atoms with van der Waals surface area (Å²) in [6, 6.07) is 0.160. The quantitative estimate of drug-likeness (QED) is 0.451. The first-order valence-corrected chi connectivity index (χ1v) is 4.94. The molecule has 1 atom stereocenters. The highest BCUT2D eigenvalue weighted by molar-refractivity contribution is 5.92. The van der Waals surface area contributed by atoms with Crippen LogP contribution >= 0.6 is 0 Å². The van der Waals surface area contributed by atoms with Crippen molar-refractivity contribution < 1.29 is 0 Å². The molecule has 14 heavy (non-hydrogen) atoms. The molecule has 0 aliphatic heterocycles. The van der Waals surface area contributed by atoms with Crippen molar-refractivity contribution in [2.45, 2.75) is 39.7 Å². The molecule has 0 fully saturated rings. The minimum Gasteiger partial charge on any atom is -0.370 e. The Hall–Kier alpha value is -1.26. The minimum atomic E-state index is -0.0528. The highest BCUT2D eigenvalue weighted by Gasteiger charge is 2.12. The fraction of sp³-hybridized carbons (Fsp3) is 0.778. The predicted molar refractivity (Wildman–Crippen MR) is 61.0 cm³/mol. The summed E-state index contributed by atoms with van der Waals surface area (Å²) in [5.74, 6) is 0.634. The molecule has 0 aromatic heterocycles. The van der Waals surface area contributed by atoms with Crippen LogP contribution in [0.2, 0.25) is 0 Å². The van der Waals surface area contributed by atoms with E-state index >= 15 is 0 Å². The number of nitrogens with zero attached hydrogens (tertiary/aromatic N) is 2. The fourth-order valence-corrected chi connectivity index (χ4v) is 1.45. The van der Waals surface area contributed by atoms with Gasteiger partial charge in [0.1, 0.15) is 0 Å². The van der Waals surface area contributed by atoms with Crippen LogP contribution in [0.4, 0.5) is 0 Å². The maximum absolute atomic E-state index is 5.53. The molecular formula is C9H21N5. The van der Waals surface area contributed by atoms with E-state index in [9.17, 15) is 0 Å². The smallest absolute Gasteiger partial charge is 0.218 e. The Morgan fingerprint density at radius 3 is 2.00 bits per heavy atom. The summed E-state index contributed by atoms with van der Waals surface area (Å²) >= 11 is 0. The molecule has 5 nitrogen and oxygen atoms in total. The standard InChI is InChI=1S/C9H21N5/c1-4-7(5-2)6(3)13-9(12)14-8(10)11/h6-7H,4-5H2,1-3H3,(H6,10,11,12,13,14). The Kier molecular flexibility index (Phi) is 5.67. The Balaban J connectivity index is 4.40. The van der Waals surface area contributed by atoms with Crippen LogP contribution < -0.4 is 17.2 Å². The van der Waals surface area contributed by atoms with E-state index in [1.54, 1.807) is 0 Å². The third-order valence-corrected chi connectivity index (χ3v) is 2.31. The van der Waals surface area contributed by atoms with Crippen molar-refractivity contribution in [1.29, 1.82) is 0 Å². The summed E-state index contributed by atoms with van der Waals surface area (Å²) in [5.41, 5.74) is 15.9. The molecule has 0 heterocycles. The zero-order valence-electron chi connectivity index (χ0n) is 9.20. The van der Waals surface area contributed by atoms with Crippen molar-refractivity contribution in [3.63, 3.8) is 0 Å². The first kappa shape index (κ1) is 12.7. The van der Waals surface area contributed by atoms with Crippen molar-refractivity contribution in [3.05, 3.63) is 0 Å². The van der Waals surface area contributed by atoms with E-state index in [-0.39, 0.29) is 18.0 Å². The van der Waals surface area contributed by atoms with E-state index < -0.39 is 0 Å². The van der Waals surface area contributed by atoms with E-state index in [1.807, 2.05) is 6.92 Å². The van der Waals surface area contributed by atoms with Crippen LogP contribution in [0.3, 0.4) is 0 Å². The van der Waals surface area contributed by atoms with Crippen molar-refractivity contribution in [2.75, 3.05) is 0 Å². The van der Waals surface area contributed by atoms with Gasteiger partial charge in [-0.15, -0.1) is 0 Å². The SMILES string of the molecule is CCC(CC)C(C)N=C(N)N=C(N)N. The topological polar surface area (TPSA) is 103 Å². The second-order valence-corrected chi connectivity index (χ2v) is 3.34. The Morgan fingerprint density at radius 2 is 1.64 bits per heavy atom. The second-order valence-electron chi connectivity index (χ2n) is 3.34. The van der Waals surface area contributed by atoms with Crippen LogP contribution in [0.15, 0.2) is 9.98 Å². The van der Waals surface area contributed by atoms with Crippen LogP contribution in [0.1, 0.15) is 33.6 Å². The first-order valence-electron chi connectivity index (χ1n) is 4.94. The molecule has 6 N–H and O–H groups in total. The molecule has 0 aromatic carbocycles. The highest BCUT2D eigenvalue weighted by atomic mass is 15.1. The lowest BCUT2D eigenvalue weighted by Crippen LogP contribution is -2.27. The molecule has 0 aliphatic carbocycles. The van der Waals surface area contributed by atoms with Gasteiger partial charge in [0.05, 0.1) is 6.04 Å². The van der Waals surface area contributed by atoms with Gasteiger partial charge in [0.2, 0.25) is 5.96 Å². The number of rotatable bonds is 4. The number of hydrogen-bond acceptors (Lipinski definition) is 1. The lowest BCUT2D eigenvalue weighted by Gasteiger charge is -2.16. The maximum Gasteiger partial charge on any atom is 0.218 e. The van der Waals surface area contributed by atoms with Crippen LogP contribution in [0.5, 0.6) is 0 Å². The van der Waals surface area contributed by atoms with E-state index in [4.69, 9.17) is 17.2 Å². The molecule has 0 radical (unpaired) electrons. The molecule has 1 unspecified atom stereocenters. The summed E-state index contributed by atoms with van der Waals surface area (Å²) < 4.78 is 0. The van der Waals surface area contributed by atoms with Gasteiger partial charge in [-0.2, -0.15) is 4.99 Å². The van der Waals surface area contributed by atoms with Gasteiger partial charge in [0, 0.05) is 0 Å². The highest BCUT2D eigenvalue weighted by Crippen LogP contribution is 2.15. The fourth-order valence-electron chi connectivity index (χ4n) is 1.45. The van der Waals surface area contributed by atoms with E-state index in [2.05, 4.69) is 23.8 Å². The van der Waals surface area contributed by atoms with Crippen LogP contribution in [-0.2, 0) is 0 Å². The maximum atomic E-state index is 5.53. The van der Waals surface area contributed by atoms with Gasteiger partial charge in [0.25, 0.3) is 0 Å². The normalized spacial score (nSPS) is 14.1. The predicted octanol–water partition coefficient (Wildman–Crippen LogP) is 0.399.